The number of esters is 4. The molecule has 10 heteroatoms. The fourth-order valence-electron chi connectivity index (χ4n) is 4.94. The molecule has 10 nitrogen and oxygen atoms in total. The first kappa shape index (κ1) is 30.0. The lowest BCUT2D eigenvalue weighted by Crippen LogP contribution is -2.31. The van der Waals surface area contributed by atoms with Gasteiger partial charge in [0.15, 0.2) is 0 Å². The molecule has 0 radical (unpaired) electrons. The number of hydrogen-bond acceptors (Lipinski definition) is 10. The Morgan fingerprint density at radius 2 is 1.54 bits per heavy atom. The number of aliphatic hydroxyl groups excluding tert-OH is 1. The van der Waals surface area contributed by atoms with Crippen LogP contribution >= 0.6 is 0 Å². The third kappa shape index (κ3) is 8.25. The third-order valence-corrected chi connectivity index (χ3v) is 7.15. The second kappa shape index (κ2) is 14.6. The highest BCUT2D eigenvalue weighted by molar-refractivity contribution is 5.90. The van der Waals surface area contributed by atoms with Gasteiger partial charge >= 0.3 is 23.9 Å². The molecule has 0 aromatic heterocycles. The molecule has 1 saturated carbocycles. The van der Waals surface area contributed by atoms with Crippen molar-refractivity contribution in [2.75, 3.05) is 13.2 Å². The second-order valence-electron chi connectivity index (χ2n) is 9.96. The first-order chi connectivity index (χ1) is 19.9. The molecule has 1 N–H and O–H groups in total. The minimum absolute atomic E-state index is 0.0808. The van der Waals surface area contributed by atoms with Crippen LogP contribution in [0.1, 0.15) is 64.8 Å². The number of fused-ring (bicyclic) bond motifs is 1. The Kier molecular flexibility index (Phi) is 10.6. The maximum absolute atomic E-state index is 12.8. The van der Waals surface area contributed by atoms with Crippen molar-refractivity contribution in [3.8, 4) is 5.75 Å². The summed E-state index contributed by atoms with van der Waals surface area (Å²) in [6.45, 7) is 3.72. The van der Waals surface area contributed by atoms with E-state index < -0.39 is 36.1 Å². The molecule has 0 bridgehead atoms. The quantitative estimate of drug-likeness (QED) is 0.125. The molecule has 41 heavy (non-hydrogen) atoms. The summed E-state index contributed by atoms with van der Waals surface area (Å²) in [5.41, 5.74) is 1.41. The van der Waals surface area contributed by atoms with E-state index in [0.717, 1.165) is 6.08 Å². The molecule has 2 aromatic rings. The summed E-state index contributed by atoms with van der Waals surface area (Å²) < 4.78 is 27.5. The highest BCUT2D eigenvalue weighted by Gasteiger charge is 2.49. The SMILES string of the molecule is C=CC(=O)OCCCCCC(=O)Oc1ccc(C(=O)O[C@@H]2CO[C@H]3[C@@H]2CC[C@H]3OC(=O)c2ccc(CO)cc2)cc1. The van der Waals surface area contributed by atoms with Crippen molar-refractivity contribution in [3.63, 3.8) is 0 Å². The average molecular weight is 567 g/mol. The molecule has 1 aliphatic carbocycles. The van der Waals surface area contributed by atoms with Gasteiger partial charge in [-0.3, -0.25) is 4.79 Å². The molecule has 1 heterocycles. The van der Waals surface area contributed by atoms with Crippen molar-refractivity contribution in [1.82, 2.24) is 0 Å². The van der Waals surface area contributed by atoms with Gasteiger partial charge in [-0.15, -0.1) is 0 Å². The van der Waals surface area contributed by atoms with Crippen LogP contribution in [0, 0.1) is 5.92 Å². The van der Waals surface area contributed by atoms with Crippen LogP contribution < -0.4 is 4.74 Å². The van der Waals surface area contributed by atoms with Crippen molar-refractivity contribution < 1.29 is 48.0 Å². The zero-order valence-corrected chi connectivity index (χ0v) is 22.7. The van der Waals surface area contributed by atoms with E-state index in [0.29, 0.717) is 54.5 Å². The van der Waals surface area contributed by atoms with Crippen LogP contribution in [0.2, 0.25) is 0 Å². The molecule has 4 atom stereocenters. The van der Waals surface area contributed by atoms with Gasteiger partial charge < -0.3 is 28.8 Å². The molecule has 1 aliphatic heterocycles. The van der Waals surface area contributed by atoms with Crippen LogP contribution in [0.5, 0.6) is 5.75 Å². The lowest BCUT2D eigenvalue weighted by atomic mass is 10.0. The van der Waals surface area contributed by atoms with Crippen molar-refractivity contribution >= 4 is 23.9 Å². The molecule has 1 saturated heterocycles. The maximum Gasteiger partial charge on any atom is 0.338 e. The summed E-state index contributed by atoms with van der Waals surface area (Å²) >= 11 is 0. The summed E-state index contributed by atoms with van der Waals surface area (Å²) in [7, 11) is 0. The molecule has 2 fully saturated rings. The van der Waals surface area contributed by atoms with Crippen LogP contribution in [0.3, 0.4) is 0 Å². The average Bonchev–Trinajstić information content (AvgIpc) is 3.58. The molecular formula is C31H34O10. The predicted octanol–water partition coefficient (Wildman–Crippen LogP) is 3.93. The number of benzene rings is 2. The van der Waals surface area contributed by atoms with Crippen LogP contribution in [0.25, 0.3) is 0 Å². The first-order valence-corrected chi connectivity index (χ1v) is 13.7. The van der Waals surface area contributed by atoms with Gasteiger partial charge in [0, 0.05) is 18.4 Å². The Bertz CT molecular complexity index is 1220. The van der Waals surface area contributed by atoms with Crippen molar-refractivity contribution in [2.45, 2.75) is 63.4 Å². The van der Waals surface area contributed by atoms with Gasteiger partial charge in [0.2, 0.25) is 0 Å². The monoisotopic (exact) mass is 566 g/mol. The smallest absolute Gasteiger partial charge is 0.338 e. The number of aliphatic hydroxyl groups is 1. The van der Waals surface area contributed by atoms with Gasteiger partial charge in [0.05, 0.1) is 30.9 Å². The number of unbranched alkanes of at least 4 members (excludes halogenated alkanes) is 2. The maximum atomic E-state index is 12.8. The van der Waals surface area contributed by atoms with Crippen LogP contribution in [-0.2, 0) is 35.1 Å². The van der Waals surface area contributed by atoms with Crippen molar-refractivity contribution in [2.24, 2.45) is 5.92 Å². The number of carbonyl (C=O) groups excluding carboxylic acids is 4. The summed E-state index contributed by atoms with van der Waals surface area (Å²) in [6, 6.07) is 12.7. The van der Waals surface area contributed by atoms with Gasteiger partial charge in [0.1, 0.15) is 24.1 Å². The Morgan fingerprint density at radius 1 is 0.878 bits per heavy atom. The summed E-state index contributed by atoms with van der Waals surface area (Å²) in [4.78, 5) is 48.4. The standard InChI is InChI=1S/C31H34O10/c1-2-27(33)37-17-5-3-4-6-28(34)39-23-13-11-22(12-14-23)31(36)41-26-19-38-29-24(26)15-16-25(29)40-30(35)21-9-7-20(18-32)8-10-21/h2,7-14,24-26,29,32H,1,3-6,15-19H2/t24-,25-,26-,29+/m1/s1. The van der Waals surface area contributed by atoms with E-state index in [2.05, 4.69) is 6.58 Å². The molecule has 2 aromatic carbocycles. The fourth-order valence-corrected chi connectivity index (χ4v) is 4.94. The Hall–Kier alpha value is -4.02. The summed E-state index contributed by atoms with van der Waals surface area (Å²) in [6.07, 6.45) is 3.32. The minimum atomic E-state index is -0.515. The van der Waals surface area contributed by atoms with E-state index in [1.807, 2.05) is 0 Å². The predicted molar refractivity (Wildman–Crippen MR) is 145 cm³/mol. The topological polar surface area (TPSA) is 135 Å². The van der Waals surface area contributed by atoms with Gasteiger partial charge in [-0.05, 0) is 74.1 Å². The molecule has 2 aliphatic rings. The van der Waals surface area contributed by atoms with E-state index in [-0.39, 0.29) is 38.3 Å². The minimum Gasteiger partial charge on any atom is -0.463 e. The lowest BCUT2D eigenvalue weighted by Gasteiger charge is -2.19. The molecule has 0 amide bonds. The lowest BCUT2D eigenvalue weighted by molar-refractivity contribution is -0.138. The van der Waals surface area contributed by atoms with E-state index in [1.54, 1.807) is 24.3 Å². The van der Waals surface area contributed by atoms with Gasteiger partial charge in [-0.2, -0.15) is 0 Å². The number of rotatable bonds is 13. The number of ether oxygens (including phenoxy) is 5. The van der Waals surface area contributed by atoms with Gasteiger partial charge in [-0.1, -0.05) is 18.7 Å². The third-order valence-electron chi connectivity index (χ3n) is 7.15. The normalized spacial score (nSPS) is 21.0. The van der Waals surface area contributed by atoms with E-state index in [4.69, 9.17) is 28.8 Å². The molecule has 218 valence electrons. The van der Waals surface area contributed by atoms with Crippen molar-refractivity contribution in [3.05, 3.63) is 77.9 Å². The second-order valence-corrected chi connectivity index (χ2v) is 9.96. The van der Waals surface area contributed by atoms with Crippen molar-refractivity contribution in [1.29, 1.82) is 0 Å². The van der Waals surface area contributed by atoms with Gasteiger partial charge in [0.25, 0.3) is 0 Å². The number of hydrogen-bond donors (Lipinski definition) is 1. The molecule has 0 unspecified atom stereocenters. The van der Waals surface area contributed by atoms with E-state index >= 15 is 0 Å². The van der Waals surface area contributed by atoms with Crippen LogP contribution in [0.4, 0.5) is 0 Å². The highest BCUT2D eigenvalue weighted by Crippen LogP contribution is 2.40. The van der Waals surface area contributed by atoms with E-state index in [9.17, 15) is 19.2 Å². The molecule has 4 rings (SSSR count). The Morgan fingerprint density at radius 3 is 2.20 bits per heavy atom. The first-order valence-electron chi connectivity index (χ1n) is 13.7. The fraction of sp³-hybridized carbons (Fsp3) is 0.419. The molecular weight excluding hydrogens is 532 g/mol. The summed E-state index contributed by atoms with van der Waals surface area (Å²) in [5, 5.41) is 9.17. The van der Waals surface area contributed by atoms with Crippen LogP contribution in [0.15, 0.2) is 61.2 Å². The highest BCUT2D eigenvalue weighted by atomic mass is 16.6. The zero-order chi connectivity index (χ0) is 29.2. The van der Waals surface area contributed by atoms with E-state index in [1.165, 1.54) is 24.3 Å². The Balaban J connectivity index is 1.19. The Labute approximate surface area is 238 Å². The van der Waals surface area contributed by atoms with Crippen LogP contribution in [-0.4, -0.2) is 60.5 Å². The largest absolute Gasteiger partial charge is 0.463 e. The molecule has 0 spiro atoms. The number of carbonyl (C=O) groups is 4. The summed E-state index contributed by atoms with van der Waals surface area (Å²) in [5.74, 6) is -1.60. The van der Waals surface area contributed by atoms with Gasteiger partial charge in [-0.25, -0.2) is 14.4 Å². The zero-order valence-electron chi connectivity index (χ0n) is 22.7.